The van der Waals surface area contributed by atoms with Gasteiger partial charge in [-0.05, 0) is 42.0 Å². The van der Waals surface area contributed by atoms with Gasteiger partial charge in [0.2, 0.25) is 0 Å². The zero-order valence-corrected chi connectivity index (χ0v) is 17.7. The van der Waals surface area contributed by atoms with E-state index in [0.717, 1.165) is 0 Å². The highest BCUT2D eigenvalue weighted by Gasteiger charge is 2.18. The highest BCUT2D eigenvalue weighted by molar-refractivity contribution is 6.30. The number of carbonyl (C=O) groups is 2. The summed E-state index contributed by atoms with van der Waals surface area (Å²) in [5, 5.41) is 15.9. The predicted molar refractivity (Wildman–Crippen MR) is 124 cm³/mol. The van der Waals surface area contributed by atoms with Crippen molar-refractivity contribution in [1.29, 1.82) is 0 Å². The second-order valence-corrected chi connectivity index (χ2v) is 7.32. The van der Waals surface area contributed by atoms with Gasteiger partial charge in [0.25, 0.3) is 11.8 Å². The van der Waals surface area contributed by atoms with Crippen molar-refractivity contribution in [3.8, 4) is 16.9 Å². The fraction of sp³-hybridized carbons (Fsp3) is 0. The van der Waals surface area contributed by atoms with Gasteiger partial charge in [-0.2, -0.15) is 0 Å². The molecular weight excluding hydrogens is 446 g/mol. The topological polar surface area (TPSA) is 122 Å². The summed E-state index contributed by atoms with van der Waals surface area (Å²) in [6.45, 7) is 0. The molecule has 4 aromatic rings. The summed E-state index contributed by atoms with van der Waals surface area (Å²) in [6.07, 6.45) is 4.00. The number of carbonyl (C=O) groups excluding carboxylic acids is 2. The van der Waals surface area contributed by atoms with E-state index >= 15 is 0 Å². The molecule has 0 saturated heterocycles. The summed E-state index contributed by atoms with van der Waals surface area (Å²) < 4.78 is 5.04. The van der Waals surface area contributed by atoms with Crippen LogP contribution >= 0.6 is 11.6 Å². The number of anilines is 2. The van der Waals surface area contributed by atoms with Gasteiger partial charge in [0, 0.05) is 17.8 Å². The first-order valence-electron chi connectivity index (χ1n) is 9.65. The van der Waals surface area contributed by atoms with Crippen LogP contribution in [0.1, 0.15) is 20.7 Å². The van der Waals surface area contributed by atoms with E-state index in [-0.39, 0.29) is 33.8 Å². The third-order valence-corrected chi connectivity index (χ3v) is 4.93. The molecule has 0 radical (unpaired) electrons. The van der Waals surface area contributed by atoms with Crippen LogP contribution in [0.4, 0.5) is 11.5 Å². The fourth-order valence-corrected chi connectivity index (χ4v) is 3.16. The first-order valence-corrected chi connectivity index (χ1v) is 10.0. The first kappa shape index (κ1) is 21.8. The van der Waals surface area contributed by atoms with Crippen LogP contribution in [0.15, 0.2) is 88.6 Å². The second kappa shape index (κ2) is 9.37. The molecule has 2 heterocycles. The number of phenols is 1. The van der Waals surface area contributed by atoms with Crippen molar-refractivity contribution in [1.82, 2.24) is 4.98 Å². The van der Waals surface area contributed by atoms with Crippen molar-refractivity contribution in [3.63, 3.8) is 0 Å². The Morgan fingerprint density at radius 1 is 0.939 bits per heavy atom. The molecule has 0 fully saturated rings. The van der Waals surface area contributed by atoms with Gasteiger partial charge in [0.1, 0.15) is 17.8 Å². The van der Waals surface area contributed by atoms with E-state index in [1.165, 1.54) is 61.2 Å². The van der Waals surface area contributed by atoms with Crippen molar-refractivity contribution in [3.05, 3.63) is 106 Å². The molecule has 3 N–H and O–H groups in total. The zero-order valence-electron chi connectivity index (χ0n) is 16.9. The fourth-order valence-electron chi connectivity index (χ4n) is 3.05. The Morgan fingerprint density at radius 3 is 2.42 bits per heavy atom. The lowest BCUT2D eigenvalue weighted by molar-refractivity contribution is 0.102. The smallest absolute Gasteiger partial charge is 0.259 e. The summed E-state index contributed by atoms with van der Waals surface area (Å²) in [6, 6.07) is 14.9. The third-order valence-electron chi connectivity index (χ3n) is 4.70. The normalized spacial score (nSPS) is 10.5. The summed E-state index contributed by atoms with van der Waals surface area (Å²) in [5.74, 6) is -1.16. The van der Waals surface area contributed by atoms with Crippen LogP contribution in [-0.4, -0.2) is 21.9 Å². The Morgan fingerprint density at radius 2 is 1.73 bits per heavy atom. The van der Waals surface area contributed by atoms with E-state index < -0.39 is 11.8 Å². The van der Waals surface area contributed by atoms with Crippen LogP contribution in [0.5, 0.6) is 5.75 Å². The highest BCUT2D eigenvalue weighted by atomic mass is 35.5. The molecule has 0 aliphatic heterocycles. The highest BCUT2D eigenvalue weighted by Crippen LogP contribution is 2.29. The zero-order chi connectivity index (χ0) is 23.4. The summed E-state index contributed by atoms with van der Waals surface area (Å²) in [7, 11) is 0. The molecule has 0 saturated carbocycles. The Kier molecular flexibility index (Phi) is 6.19. The van der Waals surface area contributed by atoms with Gasteiger partial charge in [-0.3, -0.25) is 14.4 Å². The molecule has 0 bridgehead atoms. The van der Waals surface area contributed by atoms with Gasteiger partial charge in [-0.15, -0.1) is 0 Å². The summed E-state index contributed by atoms with van der Waals surface area (Å²) in [5.41, 5.74) is 0.978. The number of hydrogen-bond acceptors (Lipinski definition) is 6. The number of para-hydroxylation sites is 1. The SMILES string of the molecule is O=C(Nc1c(O)cccc1C(=O)Nc1ccc(Cl)cn1)c1ccc(-c2coccc2=O)cc1. The molecule has 0 spiro atoms. The lowest BCUT2D eigenvalue weighted by atomic mass is 10.0. The van der Waals surface area contributed by atoms with Gasteiger partial charge in [-0.25, -0.2) is 4.98 Å². The molecule has 2 aromatic heterocycles. The molecule has 2 aromatic carbocycles. The van der Waals surface area contributed by atoms with E-state index in [0.29, 0.717) is 16.1 Å². The minimum atomic E-state index is -0.581. The number of aromatic nitrogens is 1. The Balaban J connectivity index is 1.56. The maximum atomic E-state index is 12.8. The Hall–Kier alpha value is -4.43. The van der Waals surface area contributed by atoms with Crippen molar-refractivity contribution in [2.75, 3.05) is 10.6 Å². The largest absolute Gasteiger partial charge is 0.506 e. The molecule has 2 amide bonds. The second-order valence-electron chi connectivity index (χ2n) is 6.88. The number of benzene rings is 2. The van der Waals surface area contributed by atoms with Crippen LogP contribution in [-0.2, 0) is 0 Å². The quantitative estimate of drug-likeness (QED) is 0.374. The number of phenolic OH excluding ortho intramolecular Hbond substituents is 1. The van der Waals surface area contributed by atoms with Crippen LogP contribution in [0.2, 0.25) is 5.02 Å². The van der Waals surface area contributed by atoms with Gasteiger partial charge >= 0.3 is 0 Å². The number of aromatic hydroxyl groups is 1. The minimum absolute atomic E-state index is 0.0404. The monoisotopic (exact) mass is 461 g/mol. The lowest BCUT2D eigenvalue weighted by Crippen LogP contribution is -2.18. The number of hydrogen-bond donors (Lipinski definition) is 3. The molecule has 0 unspecified atom stereocenters. The molecular formula is C24H16ClN3O5. The average Bonchev–Trinajstić information content (AvgIpc) is 2.82. The maximum Gasteiger partial charge on any atom is 0.259 e. The van der Waals surface area contributed by atoms with E-state index in [4.69, 9.17) is 16.0 Å². The van der Waals surface area contributed by atoms with E-state index in [1.807, 2.05) is 0 Å². The molecule has 0 atom stereocenters. The van der Waals surface area contributed by atoms with Gasteiger partial charge in [0.05, 0.1) is 28.1 Å². The van der Waals surface area contributed by atoms with E-state index in [1.54, 1.807) is 18.2 Å². The van der Waals surface area contributed by atoms with Crippen LogP contribution in [0.25, 0.3) is 11.1 Å². The molecule has 8 nitrogen and oxygen atoms in total. The molecule has 9 heteroatoms. The maximum absolute atomic E-state index is 12.8. The minimum Gasteiger partial charge on any atom is -0.506 e. The van der Waals surface area contributed by atoms with Crippen LogP contribution in [0, 0.1) is 0 Å². The van der Waals surface area contributed by atoms with Crippen LogP contribution in [0.3, 0.4) is 0 Å². The molecule has 33 heavy (non-hydrogen) atoms. The lowest BCUT2D eigenvalue weighted by Gasteiger charge is -2.13. The van der Waals surface area contributed by atoms with E-state index in [2.05, 4.69) is 15.6 Å². The first-order chi connectivity index (χ1) is 15.9. The molecule has 0 aliphatic rings. The van der Waals surface area contributed by atoms with Crippen molar-refractivity contribution >= 4 is 34.9 Å². The predicted octanol–water partition coefficient (Wildman–Crippen LogP) is 4.57. The van der Waals surface area contributed by atoms with Gasteiger partial charge in [-0.1, -0.05) is 29.8 Å². The third kappa shape index (κ3) is 4.91. The van der Waals surface area contributed by atoms with Gasteiger partial charge in [0.15, 0.2) is 5.43 Å². The van der Waals surface area contributed by atoms with Crippen molar-refractivity contribution in [2.24, 2.45) is 0 Å². The number of rotatable bonds is 5. The molecule has 4 rings (SSSR count). The summed E-state index contributed by atoms with van der Waals surface area (Å²) in [4.78, 5) is 41.5. The Bertz CT molecular complexity index is 1380. The van der Waals surface area contributed by atoms with E-state index in [9.17, 15) is 19.5 Å². The van der Waals surface area contributed by atoms with Crippen LogP contribution < -0.4 is 16.1 Å². The van der Waals surface area contributed by atoms with Crippen molar-refractivity contribution in [2.45, 2.75) is 0 Å². The summed E-state index contributed by atoms with van der Waals surface area (Å²) >= 11 is 5.80. The number of halogens is 1. The number of amides is 2. The molecule has 164 valence electrons. The number of nitrogens with one attached hydrogen (secondary N) is 2. The number of pyridine rings is 1. The number of nitrogens with zero attached hydrogens (tertiary/aromatic N) is 1. The average molecular weight is 462 g/mol. The van der Waals surface area contributed by atoms with Crippen molar-refractivity contribution < 1.29 is 19.1 Å². The molecule has 0 aliphatic carbocycles. The standard InChI is InChI=1S/C24H16ClN3O5/c25-16-8-9-21(26-12-16)27-24(32)17-2-1-3-20(30)22(17)28-23(31)15-6-4-14(5-7-15)18-13-33-11-10-19(18)29/h1-13,30H,(H,28,31)(H,26,27,32). The van der Waals surface area contributed by atoms with Gasteiger partial charge < -0.3 is 20.2 Å². The Labute approximate surface area is 192 Å².